The third kappa shape index (κ3) is 4.28. The van der Waals surface area contributed by atoms with E-state index in [4.69, 9.17) is 0 Å². The molecule has 98 valence electrons. The number of rotatable bonds is 4. The molecular weight excluding hydrogens is 222 g/mol. The molecule has 0 saturated carbocycles. The largest absolute Gasteiger partial charge is 0.389 e. The van der Waals surface area contributed by atoms with Crippen molar-refractivity contribution in [3.05, 3.63) is 47.5 Å². The molecule has 1 aromatic rings. The topological polar surface area (TPSA) is 23.5 Å². The van der Waals surface area contributed by atoms with Crippen LogP contribution in [0.3, 0.4) is 0 Å². The predicted octanol–water partition coefficient (Wildman–Crippen LogP) is 2.63. The molecule has 1 saturated heterocycles. The first kappa shape index (κ1) is 13.3. The average molecular weight is 245 g/mol. The molecule has 1 aliphatic heterocycles. The van der Waals surface area contributed by atoms with E-state index in [1.54, 1.807) is 0 Å². The Morgan fingerprint density at radius 1 is 1.22 bits per heavy atom. The molecule has 0 radical (unpaired) electrons. The summed E-state index contributed by atoms with van der Waals surface area (Å²) in [6.45, 7) is 5.23. The molecule has 18 heavy (non-hydrogen) atoms. The van der Waals surface area contributed by atoms with Gasteiger partial charge in [0.2, 0.25) is 0 Å². The SMILES string of the molecule is CC(O)C=C1CCN(CCc2ccccc2)CC1. The van der Waals surface area contributed by atoms with Crippen LogP contribution in [0, 0.1) is 0 Å². The second kappa shape index (κ2) is 6.72. The van der Waals surface area contributed by atoms with Crippen LogP contribution >= 0.6 is 0 Å². The fraction of sp³-hybridized carbons (Fsp3) is 0.500. The van der Waals surface area contributed by atoms with Crippen LogP contribution in [0.5, 0.6) is 0 Å². The monoisotopic (exact) mass is 245 g/mol. The van der Waals surface area contributed by atoms with E-state index in [1.807, 2.05) is 13.0 Å². The molecule has 2 heteroatoms. The van der Waals surface area contributed by atoms with Gasteiger partial charge in [-0.15, -0.1) is 0 Å². The van der Waals surface area contributed by atoms with Gasteiger partial charge in [0.25, 0.3) is 0 Å². The van der Waals surface area contributed by atoms with Gasteiger partial charge < -0.3 is 10.0 Å². The maximum atomic E-state index is 9.33. The summed E-state index contributed by atoms with van der Waals surface area (Å²) in [7, 11) is 0. The molecule has 1 aliphatic rings. The fourth-order valence-electron chi connectivity index (χ4n) is 2.50. The van der Waals surface area contributed by atoms with Crippen molar-refractivity contribution in [2.24, 2.45) is 0 Å². The van der Waals surface area contributed by atoms with E-state index in [9.17, 15) is 5.11 Å². The number of hydrogen-bond acceptors (Lipinski definition) is 2. The minimum atomic E-state index is -0.295. The first-order valence-electron chi connectivity index (χ1n) is 6.88. The maximum Gasteiger partial charge on any atom is 0.0695 e. The minimum Gasteiger partial charge on any atom is -0.389 e. The van der Waals surface area contributed by atoms with Crippen LogP contribution in [-0.4, -0.2) is 35.7 Å². The highest BCUT2D eigenvalue weighted by molar-refractivity contribution is 5.15. The number of likely N-dealkylation sites (tertiary alicyclic amines) is 1. The van der Waals surface area contributed by atoms with Gasteiger partial charge in [-0.25, -0.2) is 0 Å². The third-order valence-corrected chi connectivity index (χ3v) is 3.53. The van der Waals surface area contributed by atoms with Crippen LogP contribution in [0.2, 0.25) is 0 Å². The van der Waals surface area contributed by atoms with Crippen molar-refractivity contribution in [1.82, 2.24) is 4.90 Å². The lowest BCUT2D eigenvalue weighted by atomic mass is 10.0. The Hall–Kier alpha value is -1.12. The van der Waals surface area contributed by atoms with Crippen molar-refractivity contribution < 1.29 is 5.11 Å². The van der Waals surface area contributed by atoms with Gasteiger partial charge in [0.15, 0.2) is 0 Å². The van der Waals surface area contributed by atoms with Crippen LogP contribution in [-0.2, 0) is 6.42 Å². The van der Waals surface area contributed by atoms with Crippen LogP contribution in [0.1, 0.15) is 25.3 Å². The summed E-state index contributed by atoms with van der Waals surface area (Å²) in [5.74, 6) is 0. The zero-order valence-corrected chi connectivity index (χ0v) is 11.2. The van der Waals surface area contributed by atoms with E-state index < -0.39 is 0 Å². The standard InChI is InChI=1S/C16H23NO/c1-14(18)13-16-8-11-17(12-9-16)10-7-15-5-3-2-4-6-15/h2-6,13-14,18H,7-12H2,1H3. The summed E-state index contributed by atoms with van der Waals surface area (Å²) in [6, 6.07) is 10.7. The van der Waals surface area contributed by atoms with Gasteiger partial charge >= 0.3 is 0 Å². The fourth-order valence-corrected chi connectivity index (χ4v) is 2.50. The predicted molar refractivity (Wildman–Crippen MR) is 75.6 cm³/mol. The van der Waals surface area contributed by atoms with E-state index in [2.05, 4.69) is 35.2 Å². The van der Waals surface area contributed by atoms with E-state index in [0.29, 0.717) is 0 Å². The molecule has 1 heterocycles. The molecule has 1 N–H and O–H groups in total. The van der Waals surface area contributed by atoms with Gasteiger partial charge in [0.1, 0.15) is 0 Å². The summed E-state index contributed by atoms with van der Waals surface area (Å²) in [4.78, 5) is 2.52. The Kier molecular flexibility index (Phi) is 4.97. The van der Waals surface area contributed by atoms with Gasteiger partial charge in [0, 0.05) is 19.6 Å². The highest BCUT2D eigenvalue weighted by Crippen LogP contribution is 2.17. The number of benzene rings is 1. The molecule has 2 rings (SSSR count). The van der Waals surface area contributed by atoms with Gasteiger partial charge in [0.05, 0.1) is 6.10 Å². The summed E-state index contributed by atoms with van der Waals surface area (Å²) in [5, 5.41) is 9.33. The van der Waals surface area contributed by atoms with Gasteiger partial charge in [-0.05, 0) is 31.7 Å². The number of aliphatic hydroxyl groups is 1. The molecule has 0 aromatic heterocycles. The first-order valence-corrected chi connectivity index (χ1v) is 6.88. The van der Waals surface area contributed by atoms with Crippen LogP contribution in [0.25, 0.3) is 0 Å². The second-order valence-corrected chi connectivity index (χ2v) is 5.14. The molecule has 1 atom stereocenters. The second-order valence-electron chi connectivity index (χ2n) is 5.14. The Morgan fingerprint density at radius 2 is 1.89 bits per heavy atom. The Bertz CT molecular complexity index is 373. The zero-order chi connectivity index (χ0) is 12.8. The highest BCUT2D eigenvalue weighted by Gasteiger charge is 2.13. The van der Waals surface area contributed by atoms with Crippen molar-refractivity contribution in [2.45, 2.75) is 32.3 Å². The van der Waals surface area contributed by atoms with E-state index in [0.717, 1.165) is 38.9 Å². The molecular formula is C16H23NO. The van der Waals surface area contributed by atoms with E-state index >= 15 is 0 Å². The number of piperidine rings is 1. The van der Waals surface area contributed by atoms with Crippen molar-refractivity contribution in [1.29, 1.82) is 0 Å². The lowest BCUT2D eigenvalue weighted by Crippen LogP contribution is -2.32. The Morgan fingerprint density at radius 3 is 2.50 bits per heavy atom. The Labute approximate surface area is 110 Å². The average Bonchev–Trinajstić information content (AvgIpc) is 2.38. The van der Waals surface area contributed by atoms with E-state index in [-0.39, 0.29) is 6.10 Å². The zero-order valence-electron chi connectivity index (χ0n) is 11.2. The maximum absolute atomic E-state index is 9.33. The lowest BCUT2D eigenvalue weighted by molar-refractivity contribution is 0.234. The molecule has 0 spiro atoms. The molecule has 0 amide bonds. The van der Waals surface area contributed by atoms with Crippen LogP contribution in [0.15, 0.2) is 42.0 Å². The van der Waals surface area contributed by atoms with Crippen LogP contribution < -0.4 is 0 Å². The molecule has 0 aliphatic carbocycles. The molecule has 1 fully saturated rings. The van der Waals surface area contributed by atoms with Crippen molar-refractivity contribution in [2.75, 3.05) is 19.6 Å². The highest BCUT2D eigenvalue weighted by atomic mass is 16.3. The summed E-state index contributed by atoms with van der Waals surface area (Å²) in [5.41, 5.74) is 2.84. The number of nitrogens with zero attached hydrogens (tertiary/aromatic N) is 1. The molecule has 1 unspecified atom stereocenters. The van der Waals surface area contributed by atoms with Gasteiger partial charge in [-0.1, -0.05) is 42.0 Å². The smallest absolute Gasteiger partial charge is 0.0695 e. The number of aliphatic hydroxyl groups excluding tert-OH is 1. The van der Waals surface area contributed by atoms with E-state index in [1.165, 1.54) is 11.1 Å². The minimum absolute atomic E-state index is 0.295. The molecule has 1 aromatic carbocycles. The van der Waals surface area contributed by atoms with Gasteiger partial charge in [-0.3, -0.25) is 0 Å². The normalized spacial score (nSPS) is 18.7. The van der Waals surface area contributed by atoms with Crippen LogP contribution in [0.4, 0.5) is 0 Å². The molecule has 0 bridgehead atoms. The van der Waals surface area contributed by atoms with Crippen molar-refractivity contribution in [3.63, 3.8) is 0 Å². The van der Waals surface area contributed by atoms with Gasteiger partial charge in [-0.2, -0.15) is 0 Å². The molecule has 2 nitrogen and oxygen atoms in total. The quantitative estimate of drug-likeness (QED) is 0.824. The summed E-state index contributed by atoms with van der Waals surface area (Å²) >= 11 is 0. The van der Waals surface area contributed by atoms with Crippen molar-refractivity contribution in [3.8, 4) is 0 Å². The lowest BCUT2D eigenvalue weighted by Gasteiger charge is -2.28. The number of hydrogen-bond donors (Lipinski definition) is 1. The summed E-state index contributed by atoms with van der Waals surface area (Å²) in [6.07, 6.45) is 5.07. The Balaban J connectivity index is 1.74. The third-order valence-electron chi connectivity index (χ3n) is 3.53. The van der Waals surface area contributed by atoms with Crippen molar-refractivity contribution >= 4 is 0 Å². The first-order chi connectivity index (χ1) is 8.74. The summed E-state index contributed by atoms with van der Waals surface area (Å²) < 4.78 is 0.